The second-order valence-electron chi connectivity index (χ2n) is 5.76. The number of nitrogens with one attached hydrogen (secondary N) is 2. The summed E-state index contributed by atoms with van der Waals surface area (Å²) in [5, 5.41) is 7.61. The highest BCUT2D eigenvalue weighted by molar-refractivity contribution is 8.14. The molecule has 22 heavy (non-hydrogen) atoms. The fraction of sp³-hybridized carbons (Fsp3) is 0.235. The number of anilines is 1. The minimum absolute atomic E-state index is 0.0464. The molecule has 0 aliphatic carbocycles. The zero-order valence-corrected chi connectivity index (χ0v) is 13.5. The van der Waals surface area contributed by atoms with Gasteiger partial charge in [-0.3, -0.25) is 4.79 Å². The number of aryl methyl sites for hydroxylation is 1. The smallest absolute Gasteiger partial charge is 0.280 e. The first-order chi connectivity index (χ1) is 10.6. The van der Waals surface area contributed by atoms with Gasteiger partial charge in [0.25, 0.3) is 5.24 Å². The molecule has 0 radical (unpaired) electrons. The van der Waals surface area contributed by atoms with Crippen LogP contribution in [0.15, 0.2) is 42.5 Å². The van der Waals surface area contributed by atoms with Crippen molar-refractivity contribution >= 4 is 34.3 Å². The van der Waals surface area contributed by atoms with Crippen LogP contribution in [0.4, 0.5) is 10.5 Å². The van der Waals surface area contributed by atoms with Gasteiger partial charge in [0.1, 0.15) is 0 Å². The lowest BCUT2D eigenvalue weighted by Crippen LogP contribution is -2.35. The lowest BCUT2D eigenvalue weighted by atomic mass is 9.88. The molecule has 2 aliphatic heterocycles. The van der Waals surface area contributed by atoms with E-state index >= 15 is 0 Å². The van der Waals surface area contributed by atoms with Crippen molar-refractivity contribution in [3.8, 4) is 0 Å². The molecule has 1 fully saturated rings. The van der Waals surface area contributed by atoms with E-state index in [0.717, 1.165) is 16.3 Å². The lowest BCUT2D eigenvalue weighted by molar-refractivity contribution is 0.259. The van der Waals surface area contributed by atoms with Gasteiger partial charge < -0.3 is 10.6 Å². The van der Waals surface area contributed by atoms with E-state index in [-0.39, 0.29) is 22.6 Å². The van der Waals surface area contributed by atoms with Crippen LogP contribution < -0.4 is 10.6 Å². The molecule has 5 heteroatoms. The van der Waals surface area contributed by atoms with Gasteiger partial charge in [-0.25, -0.2) is 0 Å². The van der Waals surface area contributed by atoms with E-state index in [1.807, 2.05) is 24.3 Å². The van der Waals surface area contributed by atoms with Gasteiger partial charge in [-0.05, 0) is 36.2 Å². The fourth-order valence-corrected chi connectivity index (χ4v) is 4.49. The molecule has 0 unspecified atom stereocenters. The predicted molar refractivity (Wildman–Crippen MR) is 91.6 cm³/mol. The Morgan fingerprint density at radius 3 is 2.59 bits per heavy atom. The zero-order valence-electron chi connectivity index (χ0n) is 12.0. The Morgan fingerprint density at radius 2 is 1.82 bits per heavy atom. The normalized spacial score (nSPS) is 25.9. The Hall–Kier alpha value is -1.65. The van der Waals surface area contributed by atoms with Crippen LogP contribution in [-0.4, -0.2) is 10.5 Å². The molecule has 112 valence electrons. The molecule has 2 heterocycles. The number of carbonyl (C=O) groups is 1. The van der Waals surface area contributed by atoms with Crippen LogP contribution in [0.5, 0.6) is 0 Å². The van der Waals surface area contributed by atoms with E-state index in [1.54, 1.807) is 0 Å². The summed E-state index contributed by atoms with van der Waals surface area (Å²) in [7, 11) is 0. The summed E-state index contributed by atoms with van der Waals surface area (Å²) in [5.74, 6) is 0. The number of hydrogen-bond donors (Lipinski definition) is 2. The third-order valence-electron chi connectivity index (χ3n) is 4.26. The first-order valence-corrected chi connectivity index (χ1v) is 8.47. The van der Waals surface area contributed by atoms with Gasteiger partial charge in [0, 0.05) is 10.7 Å². The molecule has 0 aromatic heterocycles. The van der Waals surface area contributed by atoms with E-state index in [4.69, 9.17) is 11.6 Å². The SMILES string of the molecule is Cc1ccc2c(c1)[C@@H]1NC(=O)S[C@@H]1[C@H](c1ccc(Cl)cc1)N2. The molecular formula is C17H15ClN2OS. The van der Waals surface area contributed by atoms with Crippen LogP contribution in [0.2, 0.25) is 5.02 Å². The monoisotopic (exact) mass is 330 g/mol. The molecular weight excluding hydrogens is 316 g/mol. The molecule has 2 aliphatic rings. The minimum atomic E-state index is 0.0464. The average molecular weight is 331 g/mol. The highest BCUT2D eigenvalue weighted by Crippen LogP contribution is 2.48. The minimum Gasteiger partial charge on any atom is -0.377 e. The Kier molecular flexibility index (Phi) is 3.31. The van der Waals surface area contributed by atoms with Gasteiger partial charge in [-0.15, -0.1) is 0 Å². The fourth-order valence-electron chi connectivity index (χ4n) is 3.21. The molecule has 3 atom stereocenters. The van der Waals surface area contributed by atoms with Crippen molar-refractivity contribution in [2.45, 2.75) is 24.3 Å². The number of amides is 1. The summed E-state index contributed by atoms with van der Waals surface area (Å²) in [4.78, 5) is 11.9. The van der Waals surface area contributed by atoms with Crippen LogP contribution in [0, 0.1) is 6.92 Å². The Labute approximate surface area is 138 Å². The van der Waals surface area contributed by atoms with Crippen molar-refractivity contribution in [3.63, 3.8) is 0 Å². The van der Waals surface area contributed by atoms with Crippen LogP contribution in [-0.2, 0) is 0 Å². The topological polar surface area (TPSA) is 41.1 Å². The third-order valence-corrected chi connectivity index (χ3v) is 5.66. The second kappa shape index (κ2) is 5.21. The number of fused-ring (bicyclic) bond motifs is 3. The maximum atomic E-state index is 11.9. The maximum Gasteiger partial charge on any atom is 0.280 e. The number of rotatable bonds is 1. The summed E-state index contributed by atoms with van der Waals surface area (Å²) in [6, 6.07) is 14.3. The van der Waals surface area contributed by atoms with Gasteiger partial charge in [0.05, 0.1) is 17.3 Å². The lowest BCUT2D eigenvalue weighted by Gasteiger charge is -2.36. The number of thioether (sulfide) groups is 1. The first kappa shape index (κ1) is 14.0. The molecule has 0 spiro atoms. The quantitative estimate of drug-likeness (QED) is 0.797. The predicted octanol–water partition coefficient (Wildman–Crippen LogP) is 4.68. The van der Waals surface area contributed by atoms with E-state index in [9.17, 15) is 4.79 Å². The van der Waals surface area contributed by atoms with Crippen molar-refractivity contribution in [3.05, 3.63) is 64.2 Å². The molecule has 3 nitrogen and oxygen atoms in total. The molecule has 1 saturated heterocycles. The number of halogens is 1. The van der Waals surface area contributed by atoms with Crippen LogP contribution in [0.3, 0.4) is 0 Å². The van der Waals surface area contributed by atoms with E-state index in [0.29, 0.717) is 0 Å². The standard InChI is InChI=1S/C17H15ClN2OS/c1-9-2-7-13-12(8-9)15-16(22-17(21)20-15)14(19-13)10-3-5-11(18)6-4-10/h2-8,14-16,19H,1H3,(H,20,21)/t14-,15-,16+/m0/s1. The molecule has 2 aromatic carbocycles. The van der Waals surface area contributed by atoms with Crippen molar-refractivity contribution in [1.82, 2.24) is 5.32 Å². The van der Waals surface area contributed by atoms with Gasteiger partial charge in [0.15, 0.2) is 0 Å². The third kappa shape index (κ3) is 2.27. The van der Waals surface area contributed by atoms with E-state index in [1.165, 1.54) is 22.9 Å². The summed E-state index contributed by atoms with van der Waals surface area (Å²) >= 11 is 7.37. The second-order valence-corrected chi connectivity index (χ2v) is 7.34. The summed E-state index contributed by atoms with van der Waals surface area (Å²) in [6.45, 7) is 2.07. The van der Waals surface area contributed by atoms with Crippen LogP contribution in [0.25, 0.3) is 0 Å². The molecule has 4 rings (SSSR count). The zero-order chi connectivity index (χ0) is 15.3. The Bertz CT molecular complexity index is 747. The van der Waals surface area contributed by atoms with Crippen molar-refractivity contribution < 1.29 is 4.79 Å². The first-order valence-electron chi connectivity index (χ1n) is 7.21. The molecule has 2 aromatic rings. The van der Waals surface area contributed by atoms with Gasteiger partial charge in [0.2, 0.25) is 0 Å². The highest BCUT2D eigenvalue weighted by atomic mass is 35.5. The molecule has 0 bridgehead atoms. The van der Waals surface area contributed by atoms with E-state index in [2.05, 4.69) is 35.8 Å². The maximum absolute atomic E-state index is 11.9. The molecule has 1 amide bonds. The Morgan fingerprint density at radius 1 is 1.05 bits per heavy atom. The average Bonchev–Trinajstić information content (AvgIpc) is 2.89. The largest absolute Gasteiger partial charge is 0.377 e. The van der Waals surface area contributed by atoms with Crippen LogP contribution >= 0.6 is 23.4 Å². The summed E-state index contributed by atoms with van der Waals surface area (Å²) in [5.41, 5.74) is 4.62. The van der Waals surface area contributed by atoms with Crippen molar-refractivity contribution in [2.75, 3.05) is 5.32 Å². The van der Waals surface area contributed by atoms with Gasteiger partial charge in [-0.2, -0.15) is 0 Å². The number of carbonyl (C=O) groups excluding carboxylic acids is 1. The van der Waals surface area contributed by atoms with Gasteiger partial charge in [-0.1, -0.05) is 53.2 Å². The van der Waals surface area contributed by atoms with E-state index < -0.39 is 0 Å². The van der Waals surface area contributed by atoms with Crippen molar-refractivity contribution in [2.24, 2.45) is 0 Å². The van der Waals surface area contributed by atoms with Gasteiger partial charge >= 0.3 is 0 Å². The number of hydrogen-bond acceptors (Lipinski definition) is 3. The number of benzene rings is 2. The van der Waals surface area contributed by atoms with Crippen LogP contribution in [0.1, 0.15) is 28.8 Å². The summed E-state index contributed by atoms with van der Waals surface area (Å²) < 4.78 is 0. The highest BCUT2D eigenvalue weighted by Gasteiger charge is 2.44. The van der Waals surface area contributed by atoms with Crippen molar-refractivity contribution in [1.29, 1.82) is 0 Å². The Balaban J connectivity index is 1.79. The molecule has 0 saturated carbocycles. The summed E-state index contributed by atoms with van der Waals surface area (Å²) in [6.07, 6.45) is 0. The molecule has 2 N–H and O–H groups in total.